The molecule has 1 atom stereocenters. The normalized spacial score (nSPS) is 12.1. The monoisotopic (exact) mass is 228 g/mol. The highest BCUT2D eigenvalue weighted by molar-refractivity contribution is 5.42. The minimum Gasteiger partial charge on any atom is -0.394 e. The quantitative estimate of drug-likeness (QED) is 0.810. The number of hydrogen-bond acceptors (Lipinski definition) is 4. The van der Waals surface area contributed by atoms with Crippen LogP contribution in [0.2, 0.25) is 0 Å². The molecule has 0 spiro atoms. The SMILES string of the molecule is N#Cc1cccc(-n2cncc2C(N)CO)c1. The summed E-state index contributed by atoms with van der Waals surface area (Å²) in [6, 6.07) is 8.72. The van der Waals surface area contributed by atoms with Gasteiger partial charge in [0.15, 0.2) is 0 Å². The molecule has 0 bridgehead atoms. The molecule has 1 heterocycles. The van der Waals surface area contributed by atoms with E-state index in [2.05, 4.69) is 11.1 Å². The third-order valence-electron chi connectivity index (χ3n) is 2.50. The molecule has 86 valence electrons. The van der Waals surface area contributed by atoms with E-state index in [-0.39, 0.29) is 6.61 Å². The van der Waals surface area contributed by atoms with Crippen LogP contribution in [0.25, 0.3) is 5.69 Å². The number of aliphatic hydroxyl groups is 1. The van der Waals surface area contributed by atoms with Crippen LogP contribution in [0.4, 0.5) is 0 Å². The zero-order chi connectivity index (χ0) is 12.3. The largest absolute Gasteiger partial charge is 0.394 e. The lowest BCUT2D eigenvalue weighted by Gasteiger charge is -2.12. The molecule has 0 saturated heterocycles. The molecule has 3 N–H and O–H groups in total. The Bertz CT molecular complexity index is 556. The van der Waals surface area contributed by atoms with Crippen LogP contribution in [-0.2, 0) is 0 Å². The first-order valence-corrected chi connectivity index (χ1v) is 5.15. The Morgan fingerprint density at radius 3 is 3.06 bits per heavy atom. The second kappa shape index (κ2) is 4.78. The van der Waals surface area contributed by atoms with E-state index in [0.717, 1.165) is 5.69 Å². The van der Waals surface area contributed by atoms with Crippen molar-refractivity contribution in [2.75, 3.05) is 6.61 Å². The predicted molar refractivity (Wildman–Crippen MR) is 62.3 cm³/mol. The Morgan fingerprint density at radius 1 is 1.53 bits per heavy atom. The summed E-state index contributed by atoms with van der Waals surface area (Å²) >= 11 is 0. The molecule has 0 aliphatic heterocycles. The van der Waals surface area contributed by atoms with Crippen molar-refractivity contribution in [3.05, 3.63) is 48.0 Å². The van der Waals surface area contributed by atoms with E-state index >= 15 is 0 Å². The molecule has 1 unspecified atom stereocenters. The van der Waals surface area contributed by atoms with Crippen LogP contribution >= 0.6 is 0 Å². The number of imidazole rings is 1. The predicted octanol–water partition coefficient (Wildman–Crippen LogP) is 0.736. The fraction of sp³-hybridized carbons (Fsp3) is 0.167. The Kier molecular flexibility index (Phi) is 3.19. The van der Waals surface area contributed by atoms with Gasteiger partial charge in [0.05, 0.1) is 42.5 Å². The van der Waals surface area contributed by atoms with Gasteiger partial charge >= 0.3 is 0 Å². The lowest BCUT2D eigenvalue weighted by molar-refractivity contribution is 0.265. The minimum atomic E-state index is -0.483. The molecule has 0 fully saturated rings. The molecular weight excluding hydrogens is 216 g/mol. The highest BCUT2D eigenvalue weighted by Crippen LogP contribution is 2.16. The highest BCUT2D eigenvalue weighted by Gasteiger charge is 2.11. The van der Waals surface area contributed by atoms with E-state index in [1.807, 2.05) is 6.07 Å². The topological polar surface area (TPSA) is 87.9 Å². The van der Waals surface area contributed by atoms with Crippen molar-refractivity contribution in [2.24, 2.45) is 5.73 Å². The molecule has 2 aromatic rings. The number of nitriles is 1. The van der Waals surface area contributed by atoms with Gasteiger partial charge in [0.1, 0.15) is 0 Å². The van der Waals surface area contributed by atoms with E-state index in [4.69, 9.17) is 16.1 Å². The molecule has 0 amide bonds. The molecule has 17 heavy (non-hydrogen) atoms. The fourth-order valence-corrected chi connectivity index (χ4v) is 1.61. The summed E-state index contributed by atoms with van der Waals surface area (Å²) in [5.41, 5.74) is 7.86. The Labute approximate surface area is 98.7 Å². The van der Waals surface area contributed by atoms with Gasteiger partial charge in [-0.25, -0.2) is 4.98 Å². The van der Waals surface area contributed by atoms with Crippen LogP contribution in [0.3, 0.4) is 0 Å². The lowest BCUT2D eigenvalue weighted by Crippen LogP contribution is -2.18. The van der Waals surface area contributed by atoms with Gasteiger partial charge in [-0.2, -0.15) is 5.26 Å². The maximum Gasteiger partial charge on any atom is 0.0994 e. The number of nitrogens with zero attached hydrogens (tertiary/aromatic N) is 3. The van der Waals surface area contributed by atoms with Crippen molar-refractivity contribution in [3.63, 3.8) is 0 Å². The summed E-state index contributed by atoms with van der Waals surface area (Å²) in [4.78, 5) is 4.01. The van der Waals surface area contributed by atoms with E-state index in [9.17, 15) is 0 Å². The first-order valence-electron chi connectivity index (χ1n) is 5.15. The first kappa shape index (κ1) is 11.3. The summed E-state index contributed by atoms with van der Waals surface area (Å²) in [6.45, 7) is -0.149. The first-order chi connectivity index (χ1) is 8.26. The number of benzene rings is 1. The second-order valence-electron chi connectivity index (χ2n) is 3.64. The number of aromatic nitrogens is 2. The Hall–Kier alpha value is -2.16. The molecule has 1 aromatic heterocycles. The van der Waals surface area contributed by atoms with Crippen molar-refractivity contribution in [2.45, 2.75) is 6.04 Å². The molecule has 1 aromatic carbocycles. The smallest absolute Gasteiger partial charge is 0.0994 e. The maximum absolute atomic E-state index is 9.06. The second-order valence-corrected chi connectivity index (χ2v) is 3.64. The van der Waals surface area contributed by atoms with Crippen LogP contribution in [-0.4, -0.2) is 21.3 Å². The number of rotatable bonds is 3. The van der Waals surface area contributed by atoms with Crippen LogP contribution in [0, 0.1) is 11.3 Å². The van der Waals surface area contributed by atoms with E-state index in [1.165, 1.54) is 0 Å². The van der Waals surface area contributed by atoms with Crippen molar-refractivity contribution in [1.82, 2.24) is 9.55 Å². The third-order valence-corrected chi connectivity index (χ3v) is 2.50. The van der Waals surface area contributed by atoms with E-state index < -0.39 is 6.04 Å². The Balaban J connectivity index is 2.46. The zero-order valence-corrected chi connectivity index (χ0v) is 9.11. The molecule has 5 heteroatoms. The van der Waals surface area contributed by atoms with E-state index in [1.54, 1.807) is 35.3 Å². The van der Waals surface area contributed by atoms with Crippen LogP contribution in [0.5, 0.6) is 0 Å². The summed E-state index contributed by atoms with van der Waals surface area (Å²) in [6.07, 6.45) is 3.22. The van der Waals surface area contributed by atoms with Gasteiger partial charge in [0.25, 0.3) is 0 Å². The van der Waals surface area contributed by atoms with Crippen molar-refractivity contribution in [3.8, 4) is 11.8 Å². The fourth-order valence-electron chi connectivity index (χ4n) is 1.61. The summed E-state index contributed by atoms with van der Waals surface area (Å²) < 4.78 is 1.77. The summed E-state index contributed by atoms with van der Waals surface area (Å²) in [7, 11) is 0. The number of aliphatic hydroxyl groups excluding tert-OH is 1. The molecular formula is C12H12N4O. The molecule has 5 nitrogen and oxygen atoms in total. The molecule has 0 saturated carbocycles. The molecule has 2 rings (SSSR count). The van der Waals surface area contributed by atoms with Gasteiger partial charge in [-0.05, 0) is 18.2 Å². The van der Waals surface area contributed by atoms with Crippen LogP contribution in [0.1, 0.15) is 17.3 Å². The van der Waals surface area contributed by atoms with Gasteiger partial charge in [-0.15, -0.1) is 0 Å². The van der Waals surface area contributed by atoms with Gasteiger partial charge in [0, 0.05) is 5.69 Å². The lowest BCUT2D eigenvalue weighted by atomic mass is 10.2. The van der Waals surface area contributed by atoms with Crippen molar-refractivity contribution >= 4 is 0 Å². The summed E-state index contributed by atoms with van der Waals surface area (Å²) in [5, 5.41) is 17.9. The minimum absolute atomic E-state index is 0.149. The number of nitrogens with two attached hydrogens (primary N) is 1. The average molecular weight is 228 g/mol. The van der Waals surface area contributed by atoms with Crippen LogP contribution < -0.4 is 5.73 Å². The van der Waals surface area contributed by atoms with Crippen LogP contribution in [0.15, 0.2) is 36.8 Å². The summed E-state index contributed by atoms with van der Waals surface area (Å²) in [5.74, 6) is 0. The molecule has 0 aliphatic carbocycles. The number of hydrogen-bond donors (Lipinski definition) is 2. The molecule has 0 radical (unpaired) electrons. The van der Waals surface area contributed by atoms with Gasteiger partial charge in [0.2, 0.25) is 0 Å². The third kappa shape index (κ3) is 2.18. The highest BCUT2D eigenvalue weighted by atomic mass is 16.3. The van der Waals surface area contributed by atoms with Crippen molar-refractivity contribution < 1.29 is 5.11 Å². The maximum atomic E-state index is 9.06. The van der Waals surface area contributed by atoms with Gasteiger partial charge < -0.3 is 15.4 Å². The molecule has 0 aliphatic rings. The average Bonchev–Trinajstić information content (AvgIpc) is 2.87. The Morgan fingerprint density at radius 2 is 2.35 bits per heavy atom. The van der Waals surface area contributed by atoms with Gasteiger partial charge in [-0.3, -0.25) is 0 Å². The standard InChI is InChI=1S/C12H12N4O/c13-5-9-2-1-3-10(4-9)16-8-15-6-12(16)11(14)7-17/h1-4,6,8,11,17H,7,14H2. The zero-order valence-electron chi connectivity index (χ0n) is 9.11. The van der Waals surface area contributed by atoms with Crippen molar-refractivity contribution in [1.29, 1.82) is 5.26 Å². The van der Waals surface area contributed by atoms with Gasteiger partial charge in [-0.1, -0.05) is 6.07 Å². The van der Waals surface area contributed by atoms with E-state index in [0.29, 0.717) is 11.3 Å².